The van der Waals surface area contributed by atoms with E-state index in [2.05, 4.69) is 20.8 Å². The molecule has 0 aromatic heterocycles. The van der Waals surface area contributed by atoms with Crippen LogP contribution in [0.25, 0.3) is 6.08 Å². The van der Waals surface area contributed by atoms with Crippen LogP contribution in [-0.2, 0) is 10.1 Å². The number of methoxy groups -OCH3 is 3. The second-order valence-electron chi connectivity index (χ2n) is 8.01. The number of hydrogen-bond donors (Lipinski definition) is 4. The summed E-state index contributed by atoms with van der Waals surface area (Å²) < 4.78 is 49.9. The number of nitrogens with two attached hydrogens (primary N) is 1. The summed E-state index contributed by atoms with van der Waals surface area (Å²) in [6, 6.07) is 11.6. The molecule has 0 saturated heterocycles. The van der Waals surface area contributed by atoms with Crippen LogP contribution in [0.15, 0.2) is 68.8 Å². The Kier molecular flexibility index (Phi) is 7.51. The minimum Gasteiger partial charge on any atom is -0.508 e. The number of ether oxygens (including phenoxy) is 3. The molecule has 3 aromatic rings. The minimum atomic E-state index is -4.83. The average Bonchev–Trinajstić information content (AvgIpc) is 2.90. The van der Waals surface area contributed by atoms with Crippen LogP contribution in [0.3, 0.4) is 0 Å². The van der Waals surface area contributed by atoms with Crippen LogP contribution < -0.4 is 25.4 Å². The summed E-state index contributed by atoms with van der Waals surface area (Å²) in [6.45, 7) is 0. The summed E-state index contributed by atoms with van der Waals surface area (Å²) in [6.07, 6.45) is 1.11. The molecule has 0 fully saturated rings. The summed E-state index contributed by atoms with van der Waals surface area (Å²) >= 11 is 0. The number of anilines is 2. The first kappa shape index (κ1) is 27.1. The topological polar surface area (TPSA) is 194 Å². The number of carbonyl (C=O) groups excluding carboxylic acids is 1. The predicted octanol–water partition coefficient (Wildman–Crippen LogP) is 4.31. The molecule has 3 aromatic carbocycles. The molecule has 14 heteroatoms. The number of phenolic OH excluding ortho intramolecular Hbond substituents is 1. The lowest BCUT2D eigenvalue weighted by Gasteiger charge is -2.17. The Bertz CT molecular complexity index is 1670. The van der Waals surface area contributed by atoms with E-state index in [-0.39, 0.29) is 39.8 Å². The van der Waals surface area contributed by atoms with Gasteiger partial charge >= 0.3 is 0 Å². The number of benzene rings is 3. The van der Waals surface area contributed by atoms with Crippen molar-refractivity contribution in [2.45, 2.75) is 0 Å². The van der Waals surface area contributed by atoms with Gasteiger partial charge in [0.05, 0.1) is 21.3 Å². The van der Waals surface area contributed by atoms with E-state index in [0.29, 0.717) is 17.1 Å². The highest BCUT2D eigenvalue weighted by molar-refractivity contribution is 7.91. The maximum atomic E-state index is 13.1. The number of carbonyl (C=O) groups is 1. The number of aromatic hydroxyl groups is 1. The van der Waals surface area contributed by atoms with Gasteiger partial charge in [-0.2, -0.15) is 13.5 Å². The van der Waals surface area contributed by atoms with E-state index in [4.69, 9.17) is 19.9 Å². The number of azo groups is 1. The van der Waals surface area contributed by atoms with Gasteiger partial charge in [0.2, 0.25) is 5.78 Å². The van der Waals surface area contributed by atoms with Gasteiger partial charge in [-0.25, -0.2) is 0 Å². The summed E-state index contributed by atoms with van der Waals surface area (Å²) in [5.41, 5.74) is 9.28. The van der Waals surface area contributed by atoms with Gasteiger partial charge in [-0.1, -0.05) is 0 Å². The Morgan fingerprint density at radius 1 is 0.872 bits per heavy atom. The number of phenols is 1. The highest BCUT2D eigenvalue weighted by atomic mass is 32.2. The number of fused-ring (bicyclic) bond motifs is 1. The summed E-state index contributed by atoms with van der Waals surface area (Å²) in [4.78, 5) is 12.4. The molecule has 1 aliphatic carbocycles. The Balaban J connectivity index is 1.72. The lowest BCUT2D eigenvalue weighted by atomic mass is 9.94. The van der Waals surface area contributed by atoms with E-state index in [0.717, 1.165) is 6.08 Å². The van der Waals surface area contributed by atoms with Gasteiger partial charge in [-0.3, -0.25) is 14.8 Å². The van der Waals surface area contributed by atoms with Crippen molar-refractivity contribution in [3.63, 3.8) is 0 Å². The van der Waals surface area contributed by atoms with Crippen LogP contribution in [0, 0.1) is 0 Å². The number of rotatable bonds is 8. The maximum Gasteiger partial charge on any atom is 0.296 e. The third kappa shape index (κ3) is 5.66. The van der Waals surface area contributed by atoms with E-state index >= 15 is 0 Å². The van der Waals surface area contributed by atoms with Crippen LogP contribution in [0.1, 0.15) is 15.9 Å². The Morgan fingerprint density at radius 3 is 2.21 bits per heavy atom. The van der Waals surface area contributed by atoms with Crippen molar-refractivity contribution in [1.29, 1.82) is 0 Å². The van der Waals surface area contributed by atoms with Crippen molar-refractivity contribution in [3.05, 3.63) is 64.6 Å². The van der Waals surface area contributed by atoms with E-state index in [1.807, 2.05) is 0 Å². The zero-order chi connectivity index (χ0) is 28.3. The molecule has 13 nitrogen and oxygen atoms in total. The fraction of sp³-hybridized carbons (Fsp3) is 0.120. The number of ketones is 1. The molecule has 0 saturated carbocycles. The van der Waals surface area contributed by atoms with Gasteiger partial charge in [0.1, 0.15) is 45.0 Å². The van der Waals surface area contributed by atoms with Gasteiger partial charge in [-0.05, 0) is 42.0 Å². The zero-order valence-electron chi connectivity index (χ0n) is 20.9. The number of hydrazone groups is 1. The number of hydrogen-bond acceptors (Lipinski definition) is 12. The molecule has 0 heterocycles. The molecule has 0 atom stereocenters. The largest absolute Gasteiger partial charge is 0.508 e. The predicted molar refractivity (Wildman–Crippen MR) is 144 cm³/mol. The van der Waals surface area contributed by atoms with E-state index in [1.165, 1.54) is 69.9 Å². The molecule has 1 aliphatic rings. The highest BCUT2D eigenvalue weighted by Gasteiger charge is 2.33. The lowest BCUT2D eigenvalue weighted by Crippen LogP contribution is -2.27. The molecule has 202 valence electrons. The third-order valence-electron chi connectivity index (χ3n) is 5.55. The van der Waals surface area contributed by atoms with Gasteiger partial charge in [-0.15, -0.1) is 10.2 Å². The van der Waals surface area contributed by atoms with E-state index in [9.17, 15) is 22.9 Å². The Hall–Kier alpha value is -4.95. The van der Waals surface area contributed by atoms with E-state index < -0.39 is 26.5 Å². The molecule has 0 radical (unpaired) electrons. The molecule has 0 amide bonds. The van der Waals surface area contributed by atoms with Gasteiger partial charge < -0.3 is 25.1 Å². The monoisotopic (exact) mass is 553 g/mol. The number of nitrogens with zero attached hydrogens (tertiary/aromatic N) is 3. The molecular formula is C25H23N5O8S. The van der Waals surface area contributed by atoms with Crippen LogP contribution in [-0.4, -0.2) is 50.9 Å². The molecule has 5 N–H and O–H groups in total. The third-order valence-corrected chi connectivity index (χ3v) is 6.42. The van der Waals surface area contributed by atoms with Crippen molar-refractivity contribution in [3.8, 4) is 23.0 Å². The SMILES string of the molecule is COc1cc(O)ccc1/N=N/c1cc(OC)c(N/N=C2\C(=O)c3ccc(N)cc3C=C2S(=O)(=O)O)cc1OC. The second kappa shape index (κ2) is 10.8. The number of nitrogen functional groups attached to an aromatic ring is 1. The summed E-state index contributed by atoms with van der Waals surface area (Å²) in [5, 5.41) is 22.0. The van der Waals surface area contributed by atoms with E-state index in [1.54, 1.807) is 0 Å². The number of Topliss-reactive ketones (excluding diaryl/α,β-unsaturated/α-hetero) is 1. The molecular weight excluding hydrogens is 530 g/mol. The van der Waals surface area contributed by atoms with Crippen LogP contribution in [0.5, 0.6) is 23.0 Å². The molecule has 4 rings (SSSR count). The first-order valence-electron chi connectivity index (χ1n) is 11.1. The maximum absolute atomic E-state index is 13.1. The number of nitrogens with one attached hydrogen (secondary N) is 1. The average molecular weight is 554 g/mol. The van der Waals surface area contributed by atoms with Gasteiger partial charge in [0.25, 0.3) is 10.1 Å². The molecule has 0 aliphatic heterocycles. The van der Waals surface area contributed by atoms with Crippen LogP contribution in [0.4, 0.5) is 22.7 Å². The van der Waals surface area contributed by atoms with Crippen LogP contribution in [0.2, 0.25) is 0 Å². The number of allylic oxidation sites excluding steroid dienone is 1. The summed E-state index contributed by atoms with van der Waals surface area (Å²) in [5.74, 6) is -0.0326. The molecule has 0 unspecified atom stereocenters. The first-order valence-corrected chi connectivity index (χ1v) is 12.5. The fourth-order valence-corrected chi connectivity index (χ4v) is 4.34. The second-order valence-corrected chi connectivity index (χ2v) is 9.40. The highest BCUT2D eigenvalue weighted by Crippen LogP contribution is 2.40. The molecule has 0 spiro atoms. The lowest BCUT2D eigenvalue weighted by molar-refractivity contribution is 0.106. The quantitative estimate of drug-likeness (QED) is 0.135. The van der Waals surface area contributed by atoms with Crippen molar-refractivity contribution >= 4 is 50.4 Å². The van der Waals surface area contributed by atoms with Crippen molar-refractivity contribution < 1.29 is 37.1 Å². The van der Waals surface area contributed by atoms with Crippen molar-refractivity contribution in [2.75, 3.05) is 32.5 Å². The van der Waals surface area contributed by atoms with Gasteiger partial charge in [0, 0.05) is 29.4 Å². The van der Waals surface area contributed by atoms with Gasteiger partial charge in [0.15, 0.2) is 5.71 Å². The standard InChI is InChI=1S/C25H23N5O8S/c1-36-20-10-15(31)5-7-17(20)27-28-18-11-22(38-3)19(12-21(18)37-2)29-30-24-23(39(33,34)35)9-13-8-14(26)4-6-16(13)25(24)32/h4-12,29,31H,26H2,1-3H3,(H,33,34,35)/b28-27+,30-24-. The molecule has 0 bridgehead atoms. The normalized spacial score (nSPS) is 14.2. The Morgan fingerprint density at radius 2 is 1.54 bits per heavy atom. The Labute approximate surface area is 223 Å². The molecule has 39 heavy (non-hydrogen) atoms. The smallest absolute Gasteiger partial charge is 0.296 e. The van der Waals surface area contributed by atoms with Crippen molar-refractivity contribution in [1.82, 2.24) is 0 Å². The van der Waals surface area contributed by atoms with Crippen molar-refractivity contribution in [2.24, 2.45) is 15.3 Å². The summed E-state index contributed by atoms with van der Waals surface area (Å²) in [7, 11) is -0.634. The first-order chi connectivity index (χ1) is 18.5. The van der Waals surface area contributed by atoms with Crippen LogP contribution >= 0.6 is 0 Å². The fourth-order valence-electron chi connectivity index (χ4n) is 3.68. The zero-order valence-corrected chi connectivity index (χ0v) is 21.7. The minimum absolute atomic E-state index is 0.00170.